The van der Waals surface area contributed by atoms with Crippen molar-refractivity contribution >= 4 is 11.5 Å². The zero-order valence-corrected chi connectivity index (χ0v) is 15.4. The quantitative estimate of drug-likeness (QED) is 0.441. The van der Waals surface area contributed by atoms with Crippen LogP contribution in [0.2, 0.25) is 0 Å². The molecular weight excluding hydrogens is 558 g/mol. The van der Waals surface area contributed by atoms with Crippen molar-refractivity contribution in [2.24, 2.45) is 0 Å². The summed E-state index contributed by atoms with van der Waals surface area (Å²) >= 11 is 0. The predicted molar refractivity (Wildman–Crippen MR) is 76.9 cm³/mol. The van der Waals surface area contributed by atoms with E-state index in [1.807, 2.05) is 0 Å². The van der Waals surface area contributed by atoms with Gasteiger partial charge in [-0.3, -0.25) is 0 Å². The minimum atomic E-state index is -5.49. The molecular formula is C16H9F6IrN2O2-. The molecule has 27 heavy (non-hydrogen) atoms. The molecule has 4 nitrogen and oxygen atoms in total. The summed E-state index contributed by atoms with van der Waals surface area (Å²) in [5.41, 5.74) is -2.14. The molecule has 0 saturated carbocycles. The van der Waals surface area contributed by atoms with Gasteiger partial charge in [0.05, 0.1) is 0 Å². The van der Waals surface area contributed by atoms with Crippen molar-refractivity contribution in [3.05, 3.63) is 66.3 Å². The summed E-state index contributed by atoms with van der Waals surface area (Å²) in [6.45, 7) is 0. The molecule has 0 saturated heterocycles. The van der Waals surface area contributed by atoms with Gasteiger partial charge in [-0.1, -0.05) is 17.8 Å². The van der Waals surface area contributed by atoms with Gasteiger partial charge in [-0.25, -0.2) is 18.6 Å². The number of alkyl halides is 6. The Kier molecular flexibility index (Phi) is 6.90. The van der Waals surface area contributed by atoms with Crippen molar-refractivity contribution in [3.8, 4) is 0 Å². The fraction of sp³-hybridized carbons (Fsp3) is 0.188. The summed E-state index contributed by atoms with van der Waals surface area (Å²) in [7, 11) is 0. The van der Waals surface area contributed by atoms with Crippen LogP contribution < -0.4 is 0 Å². The van der Waals surface area contributed by atoms with E-state index in [9.17, 15) is 31.1 Å². The average molecular weight is 567 g/mol. The maximum absolute atomic E-state index is 13.2. The number of allylic oxidation sites excluding steroid dienone is 2. The van der Waals surface area contributed by atoms with Crippen molar-refractivity contribution in [2.45, 2.75) is 17.8 Å². The van der Waals surface area contributed by atoms with Crippen molar-refractivity contribution in [1.82, 2.24) is 9.97 Å². The smallest absolute Gasteiger partial charge is 0.360 e. The van der Waals surface area contributed by atoms with E-state index in [0.29, 0.717) is 0 Å². The first-order chi connectivity index (χ1) is 12.0. The van der Waals surface area contributed by atoms with Gasteiger partial charge in [-0.2, -0.15) is 23.6 Å². The van der Waals surface area contributed by atoms with Crippen LogP contribution in [0.4, 0.5) is 26.3 Å². The number of halogens is 6. The Bertz CT molecular complexity index is 816. The molecule has 3 rings (SSSR count). The van der Waals surface area contributed by atoms with E-state index in [4.69, 9.17) is 5.11 Å². The Hall–Kier alpha value is -2.26. The van der Waals surface area contributed by atoms with Gasteiger partial charge < -0.3 is 10.1 Å². The molecule has 1 N–H and O–H groups in total. The van der Waals surface area contributed by atoms with Crippen molar-refractivity contribution in [3.63, 3.8) is 0 Å². The number of hydrogen-bond donors (Lipinski definition) is 1. The number of carboxylic acids is 1. The molecule has 1 aliphatic carbocycles. The third kappa shape index (κ3) is 4.36. The number of carbonyl (C=O) groups is 1. The van der Waals surface area contributed by atoms with E-state index in [2.05, 4.69) is 9.97 Å². The van der Waals surface area contributed by atoms with E-state index in [1.54, 1.807) is 12.1 Å². The van der Waals surface area contributed by atoms with Gasteiger partial charge in [0.2, 0.25) is 0 Å². The topological polar surface area (TPSA) is 63.1 Å². The summed E-state index contributed by atoms with van der Waals surface area (Å²) in [5, 5.41) is 8.32. The number of nitrogens with zero attached hydrogens (tertiary/aromatic N) is 2. The van der Waals surface area contributed by atoms with Crippen LogP contribution in [0.5, 0.6) is 0 Å². The molecule has 0 fully saturated rings. The third-order valence-electron chi connectivity index (χ3n) is 3.19. The summed E-state index contributed by atoms with van der Waals surface area (Å²) in [4.78, 5) is 17.1. The Balaban J connectivity index is 0.000000310. The van der Waals surface area contributed by atoms with Crippen LogP contribution in [0.15, 0.2) is 48.8 Å². The summed E-state index contributed by atoms with van der Waals surface area (Å²) < 4.78 is 77.6. The number of aromatic carboxylic acids is 1. The fourth-order valence-electron chi connectivity index (χ4n) is 1.89. The molecule has 2 aromatic rings. The van der Waals surface area contributed by atoms with E-state index >= 15 is 0 Å². The standard InChI is InChI=1S/C10H4F6N.C6H5NO2.Ir/c11-8(12)5-6(7-3-1-2-4-17-7)9(13,14)10(8,15)16;8-6(9)5-3-1-2-4-7-5;/h1-4H;1-4H,(H,8,9);/q-1;;. The molecule has 0 atom stereocenters. The fourth-order valence-corrected chi connectivity index (χ4v) is 1.89. The molecule has 2 heterocycles. The van der Waals surface area contributed by atoms with E-state index < -0.39 is 35.0 Å². The molecule has 147 valence electrons. The normalized spacial score (nSPS) is 18.4. The average Bonchev–Trinajstić information content (AvgIpc) is 2.73. The van der Waals surface area contributed by atoms with Gasteiger partial charge in [0.15, 0.2) is 0 Å². The van der Waals surface area contributed by atoms with Gasteiger partial charge in [0.25, 0.3) is 5.92 Å². The second-order valence-corrected chi connectivity index (χ2v) is 4.96. The third-order valence-corrected chi connectivity index (χ3v) is 3.19. The van der Waals surface area contributed by atoms with Gasteiger partial charge in [0, 0.05) is 32.5 Å². The second kappa shape index (κ2) is 8.18. The van der Waals surface area contributed by atoms with Gasteiger partial charge >= 0.3 is 17.8 Å². The number of carboxylic acid groups (broad SMARTS) is 1. The summed E-state index contributed by atoms with van der Waals surface area (Å²) in [5.74, 6) is -16.5. The van der Waals surface area contributed by atoms with Crippen LogP contribution in [0.3, 0.4) is 0 Å². The Morgan fingerprint density at radius 3 is 1.81 bits per heavy atom. The summed E-state index contributed by atoms with van der Waals surface area (Å²) in [6.07, 6.45) is 3.33. The number of rotatable bonds is 2. The molecule has 0 amide bonds. The maximum atomic E-state index is 13.2. The van der Waals surface area contributed by atoms with Crippen LogP contribution in [0.1, 0.15) is 16.2 Å². The van der Waals surface area contributed by atoms with E-state index in [0.717, 1.165) is 18.3 Å². The Morgan fingerprint density at radius 2 is 1.48 bits per heavy atom. The maximum Gasteiger partial charge on any atom is 0.360 e. The molecule has 0 spiro atoms. The summed E-state index contributed by atoms with van der Waals surface area (Å²) in [6, 6.07) is 8.26. The van der Waals surface area contributed by atoms with Gasteiger partial charge in [0.1, 0.15) is 5.69 Å². The van der Waals surface area contributed by atoms with E-state index in [1.165, 1.54) is 24.4 Å². The SMILES string of the molecule is FC1(F)[C-]=C(c2ccccn2)C(F)(F)C1(F)F.O=C(O)c1ccccn1.[Ir]. The first-order valence-corrected chi connectivity index (χ1v) is 6.85. The first-order valence-electron chi connectivity index (χ1n) is 6.85. The van der Waals surface area contributed by atoms with Crippen molar-refractivity contribution < 1.29 is 56.3 Å². The van der Waals surface area contributed by atoms with Crippen LogP contribution in [0, 0.1) is 6.08 Å². The van der Waals surface area contributed by atoms with E-state index in [-0.39, 0.29) is 25.8 Å². The molecule has 11 heteroatoms. The molecule has 2 aromatic heterocycles. The van der Waals surface area contributed by atoms with Gasteiger partial charge in [-0.15, -0.1) is 11.6 Å². The second-order valence-electron chi connectivity index (χ2n) is 4.96. The predicted octanol–water partition coefficient (Wildman–Crippen LogP) is 3.96. The molecule has 1 aliphatic rings. The van der Waals surface area contributed by atoms with Crippen molar-refractivity contribution in [2.75, 3.05) is 0 Å². The monoisotopic (exact) mass is 568 g/mol. The molecule has 0 aromatic carbocycles. The zero-order chi connectivity index (χ0) is 19.6. The zero-order valence-electron chi connectivity index (χ0n) is 13.0. The van der Waals surface area contributed by atoms with Crippen LogP contribution in [-0.4, -0.2) is 38.8 Å². The molecule has 1 radical (unpaired) electrons. The number of hydrogen-bond acceptors (Lipinski definition) is 3. The Morgan fingerprint density at radius 1 is 0.926 bits per heavy atom. The molecule has 0 aliphatic heterocycles. The minimum Gasteiger partial charge on any atom is -0.477 e. The molecule has 0 unspecified atom stereocenters. The largest absolute Gasteiger partial charge is 0.477 e. The van der Waals surface area contributed by atoms with Crippen molar-refractivity contribution in [1.29, 1.82) is 0 Å². The minimum absolute atomic E-state index is 0. The van der Waals surface area contributed by atoms with Crippen LogP contribution in [-0.2, 0) is 20.1 Å². The first kappa shape index (κ1) is 22.8. The van der Waals surface area contributed by atoms with Crippen LogP contribution >= 0.6 is 0 Å². The number of pyridine rings is 2. The number of aromatic nitrogens is 2. The Labute approximate surface area is 162 Å². The van der Waals surface area contributed by atoms with Gasteiger partial charge in [-0.05, 0) is 18.2 Å². The molecule has 0 bridgehead atoms. The van der Waals surface area contributed by atoms with Crippen LogP contribution in [0.25, 0.3) is 5.57 Å².